The normalized spacial score (nSPS) is 23.9. The fourth-order valence-corrected chi connectivity index (χ4v) is 8.25. The van der Waals surface area contributed by atoms with Gasteiger partial charge in [0.05, 0.1) is 25.8 Å². The number of aryl methyl sites for hydroxylation is 1. The molecule has 7 rings (SSSR count). The lowest BCUT2D eigenvalue weighted by Gasteiger charge is -2.39. The van der Waals surface area contributed by atoms with Crippen LogP contribution in [0.4, 0.5) is 10.5 Å². The summed E-state index contributed by atoms with van der Waals surface area (Å²) in [7, 11) is 1.72. The highest BCUT2D eigenvalue weighted by Gasteiger charge is 2.37. The molecular formula is C40H50N4O6. The third-order valence-corrected chi connectivity index (χ3v) is 11.4. The number of anilines is 1. The average Bonchev–Trinajstić information content (AvgIpc) is 3.84. The van der Waals surface area contributed by atoms with Gasteiger partial charge in [0, 0.05) is 48.9 Å². The van der Waals surface area contributed by atoms with Crippen molar-refractivity contribution in [3.8, 4) is 16.9 Å². The van der Waals surface area contributed by atoms with Crippen LogP contribution in [0.3, 0.4) is 0 Å². The van der Waals surface area contributed by atoms with Crippen LogP contribution in [-0.2, 0) is 14.3 Å². The molecule has 1 saturated heterocycles. The van der Waals surface area contributed by atoms with Gasteiger partial charge in [-0.3, -0.25) is 14.3 Å². The zero-order chi connectivity index (χ0) is 34.8. The summed E-state index contributed by atoms with van der Waals surface area (Å²) >= 11 is 0. The molecule has 0 bridgehead atoms. The zero-order valence-corrected chi connectivity index (χ0v) is 29.3. The van der Waals surface area contributed by atoms with Crippen molar-refractivity contribution < 1.29 is 29.0 Å². The second-order valence-electron chi connectivity index (χ2n) is 15.1. The molecular weight excluding hydrogens is 632 g/mol. The Bertz CT molecular complexity index is 1680. The van der Waals surface area contributed by atoms with Crippen LogP contribution in [0.15, 0.2) is 54.9 Å². The molecule has 50 heavy (non-hydrogen) atoms. The van der Waals surface area contributed by atoms with E-state index in [1.54, 1.807) is 12.0 Å². The third-order valence-electron chi connectivity index (χ3n) is 11.4. The lowest BCUT2D eigenvalue weighted by molar-refractivity contribution is -0.139. The number of amides is 2. The van der Waals surface area contributed by atoms with Crippen LogP contribution in [0.2, 0.25) is 0 Å². The van der Waals surface area contributed by atoms with Crippen molar-refractivity contribution >= 4 is 23.7 Å². The van der Waals surface area contributed by atoms with Crippen molar-refractivity contribution in [1.82, 2.24) is 14.7 Å². The highest BCUT2D eigenvalue weighted by atomic mass is 16.6. The lowest BCUT2D eigenvalue weighted by Crippen LogP contribution is -2.51. The van der Waals surface area contributed by atoms with Gasteiger partial charge in [0.1, 0.15) is 11.9 Å². The first kappa shape index (κ1) is 34.1. The van der Waals surface area contributed by atoms with Crippen molar-refractivity contribution in [3.05, 3.63) is 66.0 Å². The number of rotatable bonds is 11. The molecule has 1 aromatic heterocycles. The minimum Gasteiger partial charge on any atom is -0.496 e. The van der Waals surface area contributed by atoms with Gasteiger partial charge in [-0.05, 0) is 118 Å². The van der Waals surface area contributed by atoms with Crippen LogP contribution >= 0.6 is 0 Å². The maximum atomic E-state index is 14.5. The summed E-state index contributed by atoms with van der Waals surface area (Å²) in [6, 6.07) is 15.4. The van der Waals surface area contributed by atoms with Crippen molar-refractivity contribution in [2.45, 2.75) is 95.6 Å². The summed E-state index contributed by atoms with van der Waals surface area (Å²) in [5, 5.41) is 13.6. The second-order valence-corrected chi connectivity index (χ2v) is 15.1. The molecule has 0 spiro atoms. The summed E-state index contributed by atoms with van der Waals surface area (Å²) in [6.45, 7) is 3.65. The second kappa shape index (κ2) is 14.9. The topological polar surface area (TPSA) is 114 Å². The molecule has 10 heteroatoms. The van der Waals surface area contributed by atoms with Gasteiger partial charge in [-0.25, -0.2) is 4.79 Å². The summed E-state index contributed by atoms with van der Waals surface area (Å²) in [6.07, 6.45) is 12.9. The number of aromatic nitrogens is 2. The van der Waals surface area contributed by atoms with E-state index in [0.717, 1.165) is 48.2 Å². The first-order chi connectivity index (χ1) is 24.2. The van der Waals surface area contributed by atoms with Crippen LogP contribution in [0, 0.1) is 24.7 Å². The molecule has 1 N–H and O–H groups in total. The quantitative estimate of drug-likeness (QED) is 0.221. The number of aliphatic carboxylic acids is 1. The zero-order valence-electron chi connectivity index (χ0n) is 29.3. The largest absolute Gasteiger partial charge is 0.496 e. The number of carboxylic acids is 1. The highest BCUT2D eigenvalue weighted by molar-refractivity contribution is 5.95. The van der Waals surface area contributed by atoms with Crippen molar-refractivity contribution in [2.24, 2.45) is 17.8 Å². The molecule has 3 aromatic rings. The number of hydrogen-bond donors (Lipinski definition) is 1. The van der Waals surface area contributed by atoms with Gasteiger partial charge in [0.25, 0.3) is 0 Å². The molecule has 0 atom stereocenters. The molecule has 10 nitrogen and oxygen atoms in total. The number of benzene rings is 2. The van der Waals surface area contributed by atoms with E-state index in [4.69, 9.17) is 14.6 Å². The van der Waals surface area contributed by atoms with Crippen molar-refractivity contribution in [2.75, 3.05) is 31.6 Å². The van der Waals surface area contributed by atoms with Crippen LogP contribution in [-0.4, -0.2) is 70.6 Å². The Morgan fingerprint density at radius 1 is 0.900 bits per heavy atom. The summed E-state index contributed by atoms with van der Waals surface area (Å²) in [4.78, 5) is 41.7. The van der Waals surface area contributed by atoms with Crippen LogP contribution < -0.4 is 9.64 Å². The Morgan fingerprint density at radius 3 is 2.34 bits per heavy atom. The van der Waals surface area contributed by atoms with E-state index < -0.39 is 5.97 Å². The fraction of sp³-hybridized carbons (Fsp3) is 0.550. The van der Waals surface area contributed by atoms with Crippen molar-refractivity contribution in [3.63, 3.8) is 0 Å². The predicted molar refractivity (Wildman–Crippen MR) is 190 cm³/mol. The van der Waals surface area contributed by atoms with E-state index in [-0.39, 0.29) is 36.4 Å². The van der Waals surface area contributed by atoms with E-state index in [1.807, 2.05) is 6.20 Å². The fourth-order valence-electron chi connectivity index (χ4n) is 8.25. The van der Waals surface area contributed by atoms with Gasteiger partial charge in [0.2, 0.25) is 5.91 Å². The van der Waals surface area contributed by atoms with Gasteiger partial charge in [-0.15, -0.1) is 0 Å². The number of methoxy groups -OCH3 is 1. The average molecular weight is 683 g/mol. The van der Waals surface area contributed by atoms with Crippen molar-refractivity contribution in [1.29, 1.82) is 0 Å². The Balaban J connectivity index is 1.01. The van der Waals surface area contributed by atoms with Gasteiger partial charge in [0.15, 0.2) is 0 Å². The smallest absolute Gasteiger partial charge is 0.410 e. The Labute approximate surface area is 294 Å². The molecule has 4 aliphatic rings. The molecule has 4 fully saturated rings. The highest BCUT2D eigenvalue weighted by Crippen LogP contribution is 2.40. The Morgan fingerprint density at radius 2 is 1.66 bits per heavy atom. The minimum absolute atomic E-state index is 0.00559. The number of likely N-dealkylation sites (tertiary alicyclic amines) is 1. The molecule has 0 unspecified atom stereocenters. The molecule has 1 aliphatic heterocycles. The number of carbonyl (C=O) groups excluding carboxylic acids is 2. The molecule has 3 saturated carbocycles. The summed E-state index contributed by atoms with van der Waals surface area (Å²) < 4.78 is 13.3. The van der Waals surface area contributed by atoms with Gasteiger partial charge >= 0.3 is 12.1 Å². The minimum atomic E-state index is -0.840. The third kappa shape index (κ3) is 7.84. The molecule has 3 aliphatic carbocycles. The maximum Gasteiger partial charge on any atom is 0.410 e. The number of carbonyl (C=O) groups is 3. The first-order valence-corrected chi connectivity index (χ1v) is 18.5. The first-order valence-electron chi connectivity index (χ1n) is 18.5. The standard InChI is InChI=1S/C40H50N4O6/c1-26-18-32(12-17-37(26)49-2)29-8-6-27(7-9-29)24-43(35-5-3-4-31(20-35)33-21-41-44(25-33)34-13-14-34)39(47)30-10-15-36(16-11-30)50-40(48)42-22-28(23-42)19-38(45)46/h3-5,12,17-18,20-21,25,27-30,34,36H,6-11,13-16,19,22-24H2,1-2H3,(H,45,46)/t27-,29-,30-,36-. The number of nitrogens with zero attached hydrogens (tertiary/aromatic N) is 4. The van der Waals surface area contributed by atoms with E-state index >= 15 is 0 Å². The summed E-state index contributed by atoms with van der Waals surface area (Å²) in [5.41, 5.74) is 5.61. The van der Waals surface area contributed by atoms with E-state index in [0.29, 0.717) is 63.2 Å². The molecule has 266 valence electrons. The Hall–Kier alpha value is -4.34. The molecule has 2 amide bonds. The monoisotopic (exact) mass is 682 g/mol. The Kier molecular flexibility index (Phi) is 10.1. The van der Waals surface area contributed by atoms with Gasteiger partial charge < -0.3 is 24.4 Å². The van der Waals surface area contributed by atoms with Gasteiger partial charge in [-0.2, -0.15) is 5.10 Å². The molecule has 2 heterocycles. The van der Waals surface area contributed by atoms with Crippen LogP contribution in [0.1, 0.15) is 93.7 Å². The van der Waals surface area contributed by atoms with E-state index in [1.165, 1.54) is 24.0 Å². The molecule has 2 aromatic carbocycles. The number of hydrogen-bond acceptors (Lipinski definition) is 6. The number of ether oxygens (including phenoxy) is 2. The maximum absolute atomic E-state index is 14.5. The van der Waals surface area contributed by atoms with Gasteiger partial charge in [-0.1, -0.05) is 24.3 Å². The lowest BCUT2D eigenvalue weighted by atomic mass is 9.78. The van der Waals surface area contributed by atoms with E-state index in [2.05, 4.69) is 70.3 Å². The van der Waals surface area contributed by atoms with E-state index in [9.17, 15) is 14.4 Å². The molecule has 0 radical (unpaired) electrons. The SMILES string of the molecule is COc1ccc([C@H]2CC[C@H](CN(c3cccc(-c4cnn(C5CC5)c4)c3)C(=O)[C@H]3CC[C@H](OC(=O)N4CC(CC(=O)O)C4)CC3)CC2)cc1C. The predicted octanol–water partition coefficient (Wildman–Crippen LogP) is 7.61. The van der Waals surface area contributed by atoms with Crippen LogP contribution in [0.25, 0.3) is 11.1 Å². The summed E-state index contributed by atoms with van der Waals surface area (Å²) in [5.74, 6) is 1.04. The number of carboxylic acid groups (broad SMARTS) is 1. The van der Waals surface area contributed by atoms with Crippen LogP contribution in [0.5, 0.6) is 5.75 Å².